The number of halogens is 1. The van der Waals surface area contributed by atoms with Gasteiger partial charge in [-0.1, -0.05) is 0 Å². The summed E-state index contributed by atoms with van der Waals surface area (Å²) in [6.45, 7) is 3.84. The first-order valence-electron chi connectivity index (χ1n) is 4.98. The van der Waals surface area contributed by atoms with Crippen molar-refractivity contribution >= 4 is 21.6 Å². The van der Waals surface area contributed by atoms with Gasteiger partial charge in [-0.15, -0.1) is 0 Å². The molecule has 1 aliphatic heterocycles. The van der Waals surface area contributed by atoms with Crippen LogP contribution in [0.3, 0.4) is 0 Å². The van der Waals surface area contributed by atoms with Gasteiger partial charge >= 0.3 is 0 Å². The Morgan fingerprint density at radius 2 is 2.27 bits per heavy atom. The molecule has 0 aliphatic carbocycles. The average molecular weight is 273 g/mol. The summed E-state index contributed by atoms with van der Waals surface area (Å²) in [6, 6.07) is 0. The first-order chi connectivity index (χ1) is 7.29. The van der Waals surface area contributed by atoms with Crippen LogP contribution >= 0.6 is 15.9 Å². The standard InChI is InChI=1S/C9H13BrN4O/c10-8-7(6-12-13-9(8)15)14-4-1-2-11-3-5-14/h6,11H,1-5H2,(H,13,15). The number of hydrogen-bond donors (Lipinski definition) is 2. The van der Waals surface area contributed by atoms with Crippen molar-refractivity contribution in [2.45, 2.75) is 6.42 Å². The van der Waals surface area contributed by atoms with E-state index in [0.29, 0.717) is 4.47 Å². The van der Waals surface area contributed by atoms with E-state index in [1.54, 1.807) is 6.20 Å². The van der Waals surface area contributed by atoms with Gasteiger partial charge in [-0.25, -0.2) is 5.10 Å². The molecule has 1 fully saturated rings. The molecule has 0 atom stereocenters. The zero-order valence-electron chi connectivity index (χ0n) is 8.29. The number of nitrogens with one attached hydrogen (secondary N) is 2. The van der Waals surface area contributed by atoms with Crippen LogP contribution in [0.15, 0.2) is 15.5 Å². The molecule has 2 heterocycles. The van der Waals surface area contributed by atoms with Gasteiger partial charge in [0.25, 0.3) is 5.56 Å². The second-order valence-electron chi connectivity index (χ2n) is 3.49. The van der Waals surface area contributed by atoms with Crippen molar-refractivity contribution in [2.24, 2.45) is 0 Å². The summed E-state index contributed by atoms with van der Waals surface area (Å²) in [5.74, 6) is 0. The van der Waals surface area contributed by atoms with Crippen LogP contribution < -0.4 is 15.8 Å². The van der Waals surface area contributed by atoms with Crippen molar-refractivity contribution in [1.82, 2.24) is 15.5 Å². The molecule has 0 amide bonds. The van der Waals surface area contributed by atoms with E-state index in [1.807, 2.05) is 0 Å². The predicted octanol–water partition coefficient (Wildman–Crippen LogP) is 0.332. The van der Waals surface area contributed by atoms with Crippen LogP contribution in [0.25, 0.3) is 0 Å². The summed E-state index contributed by atoms with van der Waals surface area (Å²) in [5.41, 5.74) is 0.701. The molecule has 0 unspecified atom stereocenters. The number of nitrogens with zero attached hydrogens (tertiary/aromatic N) is 2. The molecule has 0 saturated carbocycles. The van der Waals surface area contributed by atoms with Crippen LogP contribution in [0.4, 0.5) is 5.69 Å². The molecule has 5 nitrogen and oxygen atoms in total. The van der Waals surface area contributed by atoms with Crippen LogP contribution in [-0.2, 0) is 0 Å². The number of aromatic amines is 1. The average Bonchev–Trinajstić information content (AvgIpc) is 2.50. The molecule has 0 aromatic carbocycles. The molecule has 15 heavy (non-hydrogen) atoms. The summed E-state index contributed by atoms with van der Waals surface area (Å²) in [4.78, 5) is 13.5. The molecule has 1 saturated heterocycles. The first kappa shape index (κ1) is 10.6. The molecular weight excluding hydrogens is 260 g/mol. The summed E-state index contributed by atoms with van der Waals surface area (Å²) in [6.07, 6.45) is 2.77. The van der Waals surface area contributed by atoms with Crippen molar-refractivity contribution < 1.29 is 0 Å². The number of aromatic nitrogens is 2. The molecule has 1 aliphatic rings. The SMILES string of the molecule is O=c1[nH]ncc(N2CCCNCC2)c1Br. The van der Waals surface area contributed by atoms with E-state index in [1.165, 1.54) is 0 Å². The number of hydrogen-bond acceptors (Lipinski definition) is 4. The van der Waals surface area contributed by atoms with E-state index in [4.69, 9.17) is 0 Å². The molecule has 82 valence electrons. The Labute approximate surface area is 96.0 Å². The maximum Gasteiger partial charge on any atom is 0.280 e. The zero-order chi connectivity index (χ0) is 10.7. The lowest BCUT2D eigenvalue weighted by Crippen LogP contribution is -2.29. The Kier molecular flexibility index (Phi) is 3.37. The summed E-state index contributed by atoms with van der Waals surface area (Å²) in [7, 11) is 0. The molecule has 0 spiro atoms. The highest BCUT2D eigenvalue weighted by Gasteiger charge is 2.14. The van der Waals surface area contributed by atoms with Crippen molar-refractivity contribution in [2.75, 3.05) is 31.1 Å². The molecule has 0 bridgehead atoms. The third-order valence-corrected chi connectivity index (χ3v) is 3.22. The van der Waals surface area contributed by atoms with Crippen LogP contribution in [-0.4, -0.2) is 36.4 Å². The largest absolute Gasteiger partial charge is 0.368 e. The third-order valence-electron chi connectivity index (χ3n) is 2.46. The lowest BCUT2D eigenvalue weighted by atomic mass is 10.3. The van der Waals surface area contributed by atoms with E-state index >= 15 is 0 Å². The van der Waals surface area contributed by atoms with E-state index in [2.05, 4.69) is 36.3 Å². The van der Waals surface area contributed by atoms with Gasteiger partial charge in [-0.2, -0.15) is 5.10 Å². The zero-order valence-corrected chi connectivity index (χ0v) is 9.88. The van der Waals surface area contributed by atoms with E-state index in [-0.39, 0.29) is 5.56 Å². The van der Waals surface area contributed by atoms with E-state index in [9.17, 15) is 4.79 Å². The monoisotopic (exact) mass is 272 g/mol. The molecule has 1 aromatic rings. The second-order valence-corrected chi connectivity index (χ2v) is 4.28. The Bertz CT molecular complexity index is 384. The minimum Gasteiger partial charge on any atom is -0.368 e. The van der Waals surface area contributed by atoms with Crippen LogP contribution in [0, 0.1) is 0 Å². The smallest absolute Gasteiger partial charge is 0.280 e. The van der Waals surface area contributed by atoms with Gasteiger partial charge in [0, 0.05) is 19.6 Å². The van der Waals surface area contributed by atoms with E-state index < -0.39 is 0 Å². The topological polar surface area (TPSA) is 61.0 Å². The molecule has 6 heteroatoms. The number of rotatable bonds is 1. The summed E-state index contributed by atoms with van der Waals surface area (Å²) in [5, 5.41) is 9.54. The Morgan fingerprint density at radius 3 is 3.13 bits per heavy atom. The maximum absolute atomic E-state index is 11.4. The fourth-order valence-corrected chi connectivity index (χ4v) is 2.12. The lowest BCUT2D eigenvalue weighted by molar-refractivity contribution is 0.724. The third kappa shape index (κ3) is 2.38. The summed E-state index contributed by atoms with van der Waals surface area (Å²) >= 11 is 3.30. The quantitative estimate of drug-likeness (QED) is 0.774. The van der Waals surface area contributed by atoms with Crippen LogP contribution in [0.1, 0.15) is 6.42 Å². The molecular formula is C9H13BrN4O. The normalized spacial score (nSPS) is 17.5. The van der Waals surface area contributed by atoms with Crippen molar-refractivity contribution in [3.8, 4) is 0 Å². The second kappa shape index (κ2) is 4.76. The van der Waals surface area contributed by atoms with Gasteiger partial charge in [-0.05, 0) is 28.9 Å². The lowest BCUT2D eigenvalue weighted by Gasteiger charge is -2.22. The molecule has 2 N–H and O–H groups in total. The van der Waals surface area contributed by atoms with Gasteiger partial charge in [-0.3, -0.25) is 4.79 Å². The minimum atomic E-state index is -0.176. The van der Waals surface area contributed by atoms with E-state index in [0.717, 1.165) is 38.3 Å². The van der Waals surface area contributed by atoms with Crippen LogP contribution in [0.5, 0.6) is 0 Å². The van der Waals surface area contributed by atoms with Crippen molar-refractivity contribution in [3.63, 3.8) is 0 Å². The fraction of sp³-hybridized carbons (Fsp3) is 0.556. The number of H-pyrrole nitrogens is 1. The first-order valence-corrected chi connectivity index (χ1v) is 5.77. The fourth-order valence-electron chi connectivity index (χ4n) is 1.68. The number of anilines is 1. The summed E-state index contributed by atoms with van der Waals surface area (Å²) < 4.78 is 0.569. The van der Waals surface area contributed by atoms with Gasteiger partial charge < -0.3 is 10.2 Å². The Balaban J connectivity index is 2.27. The Morgan fingerprint density at radius 1 is 1.40 bits per heavy atom. The van der Waals surface area contributed by atoms with Crippen molar-refractivity contribution in [1.29, 1.82) is 0 Å². The predicted molar refractivity (Wildman–Crippen MR) is 62.3 cm³/mol. The maximum atomic E-state index is 11.4. The minimum absolute atomic E-state index is 0.176. The molecule has 0 radical (unpaired) electrons. The highest BCUT2D eigenvalue weighted by atomic mass is 79.9. The highest BCUT2D eigenvalue weighted by Crippen LogP contribution is 2.21. The van der Waals surface area contributed by atoms with Crippen molar-refractivity contribution in [3.05, 3.63) is 21.0 Å². The molecule has 1 aromatic heterocycles. The van der Waals surface area contributed by atoms with Gasteiger partial charge in [0.2, 0.25) is 0 Å². The highest BCUT2D eigenvalue weighted by molar-refractivity contribution is 9.10. The van der Waals surface area contributed by atoms with Crippen LogP contribution in [0.2, 0.25) is 0 Å². The van der Waals surface area contributed by atoms with Gasteiger partial charge in [0.05, 0.1) is 11.9 Å². The van der Waals surface area contributed by atoms with Gasteiger partial charge in [0.1, 0.15) is 4.47 Å². The van der Waals surface area contributed by atoms with Gasteiger partial charge in [0.15, 0.2) is 0 Å². The molecule has 2 rings (SSSR count). The Hall–Kier alpha value is -0.880.